The number of hydrogen-bond acceptors (Lipinski definition) is 2. The van der Waals surface area contributed by atoms with Gasteiger partial charge in [-0.25, -0.2) is 0 Å². The lowest BCUT2D eigenvalue weighted by molar-refractivity contribution is 0.284. The van der Waals surface area contributed by atoms with Crippen LogP contribution in [0.15, 0.2) is 103 Å². The van der Waals surface area contributed by atoms with Crippen LogP contribution in [-0.4, -0.2) is 11.7 Å². The first-order valence-electron chi connectivity index (χ1n) is 10.7. The van der Waals surface area contributed by atoms with Crippen LogP contribution < -0.4 is 4.90 Å². The van der Waals surface area contributed by atoms with Gasteiger partial charge in [-0.05, 0) is 78.4 Å². The Kier molecular flexibility index (Phi) is 7.03. The Morgan fingerprint density at radius 1 is 0.613 bits per heavy atom. The molecular formula is C28H26ClNO. The summed E-state index contributed by atoms with van der Waals surface area (Å²) in [7, 11) is 0. The molecule has 0 aromatic heterocycles. The van der Waals surface area contributed by atoms with Crippen molar-refractivity contribution in [1.29, 1.82) is 0 Å². The highest BCUT2D eigenvalue weighted by Gasteiger charge is 2.13. The lowest BCUT2D eigenvalue weighted by atomic mass is 10.0. The Morgan fingerprint density at radius 2 is 1.26 bits per heavy atom. The van der Waals surface area contributed by atoms with Crippen LogP contribution in [0, 0.1) is 0 Å². The first kappa shape index (κ1) is 21.2. The zero-order chi connectivity index (χ0) is 21.5. The van der Waals surface area contributed by atoms with Crippen molar-refractivity contribution in [3.05, 3.63) is 114 Å². The number of aliphatic hydroxyl groups excluding tert-OH is 1. The summed E-state index contributed by atoms with van der Waals surface area (Å²) in [6, 6.07) is 35.6. The van der Waals surface area contributed by atoms with Crippen molar-refractivity contribution in [1.82, 2.24) is 0 Å². The van der Waals surface area contributed by atoms with Crippen molar-refractivity contribution < 1.29 is 5.11 Å². The molecule has 0 fully saturated rings. The molecule has 4 aromatic carbocycles. The Morgan fingerprint density at radius 3 is 1.90 bits per heavy atom. The van der Waals surface area contributed by atoms with Crippen LogP contribution in [0.3, 0.4) is 0 Å². The smallest absolute Gasteiger partial charge is 0.0476 e. The van der Waals surface area contributed by atoms with Crippen molar-refractivity contribution in [2.45, 2.75) is 19.3 Å². The van der Waals surface area contributed by atoms with Gasteiger partial charge in [0.15, 0.2) is 0 Å². The van der Waals surface area contributed by atoms with Gasteiger partial charge in [-0.15, -0.1) is 0 Å². The fourth-order valence-corrected chi connectivity index (χ4v) is 3.93. The molecule has 0 aliphatic heterocycles. The molecule has 1 N–H and O–H groups in total. The Labute approximate surface area is 189 Å². The molecule has 0 amide bonds. The van der Waals surface area contributed by atoms with Crippen LogP contribution in [0.2, 0.25) is 5.02 Å². The van der Waals surface area contributed by atoms with Crippen molar-refractivity contribution in [2.24, 2.45) is 0 Å². The van der Waals surface area contributed by atoms with Crippen LogP contribution in [0.4, 0.5) is 17.1 Å². The van der Waals surface area contributed by atoms with Crippen LogP contribution in [0.25, 0.3) is 11.1 Å². The number of aryl methyl sites for hydroxylation is 1. The van der Waals surface area contributed by atoms with Gasteiger partial charge in [-0.1, -0.05) is 72.3 Å². The molecule has 0 radical (unpaired) electrons. The van der Waals surface area contributed by atoms with Gasteiger partial charge in [-0.2, -0.15) is 0 Å². The second-order valence-corrected chi connectivity index (χ2v) is 8.01. The highest BCUT2D eigenvalue weighted by Crippen LogP contribution is 2.36. The highest BCUT2D eigenvalue weighted by atomic mass is 35.5. The lowest BCUT2D eigenvalue weighted by Crippen LogP contribution is -2.10. The maximum absolute atomic E-state index is 9.01. The van der Waals surface area contributed by atoms with E-state index >= 15 is 0 Å². The molecule has 0 spiro atoms. The number of anilines is 3. The van der Waals surface area contributed by atoms with E-state index in [1.807, 2.05) is 24.3 Å². The average Bonchev–Trinajstić information content (AvgIpc) is 2.82. The fraction of sp³-hybridized carbons (Fsp3) is 0.143. The largest absolute Gasteiger partial charge is 0.396 e. The molecule has 0 saturated carbocycles. The van der Waals surface area contributed by atoms with E-state index < -0.39 is 0 Å². The van der Waals surface area contributed by atoms with Crippen molar-refractivity contribution in [3.8, 4) is 11.1 Å². The van der Waals surface area contributed by atoms with Crippen LogP contribution in [0.1, 0.15) is 18.4 Å². The first-order valence-corrected chi connectivity index (χ1v) is 11.0. The minimum Gasteiger partial charge on any atom is -0.396 e. The normalized spacial score (nSPS) is 10.8. The molecule has 0 heterocycles. The van der Waals surface area contributed by atoms with E-state index in [2.05, 4.69) is 83.8 Å². The van der Waals surface area contributed by atoms with E-state index in [-0.39, 0.29) is 6.61 Å². The zero-order valence-electron chi connectivity index (χ0n) is 17.4. The van der Waals surface area contributed by atoms with Crippen LogP contribution >= 0.6 is 11.6 Å². The molecule has 2 nitrogen and oxygen atoms in total. The molecule has 156 valence electrons. The SMILES string of the molecule is OCCCCc1ccc(N(c2ccc(-c3ccccc3)cc2)c2cccc(Cl)c2)cc1. The number of unbranched alkanes of at least 4 members (excludes halogenated alkanes) is 1. The third-order valence-corrected chi connectivity index (χ3v) is 5.60. The van der Waals surface area contributed by atoms with Gasteiger partial charge in [0, 0.05) is 28.7 Å². The highest BCUT2D eigenvalue weighted by molar-refractivity contribution is 6.30. The van der Waals surface area contributed by atoms with Gasteiger partial charge in [0.1, 0.15) is 0 Å². The number of rotatable bonds is 8. The minimum absolute atomic E-state index is 0.250. The summed E-state index contributed by atoms with van der Waals surface area (Å²) in [5.41, 5.74) is 6.86. The van der Waals surface area contributed by atoms with Crippen molar-refractivity contribution in [2.75, 3.05) is 11.5 Å². The molecule has 0 unspecified atom stereocenters. The maximum atomic E-state index is 9.01. The maximum Gasteiger partial charge on any atom is 0.0476 e. The predicted octanol–water partition coefficient (Wildman–Crippen LogP) is 7.79. The third-order valence-electron chi connectivity index (χ3n) is 5.37. The average molecular weight is 428 g/mol. The fourth-order valence-electron chi connectivity index (χ4n) is 3.75. The molecule has 3 heteroatoms. The molecule has 4 rings (SSSR count). The third kappa shape index (κ3) is 5.35. The van der Waals surface area contributed by atoms with Crippen molar-refractivity contribution >= 4 is 28.7 Å². The zero-order valence-corrected chi connectivity index (χ0v) is 18.2. The van der Waals surface area contributed by atoms with E-state index in [4.69, 9.17) is 16.7 Å². The molecular weight excluding hydrogens is 402 g/mol. The lowest BCUT2D eigenvalue weighted by Gasteiger charge is -2.26. The first-order chi connectivity index (χ1) is 15.2. The molecule has 0 bridgehead atoms. The van der Waals surface area contributed by atoms with Gasteiger partial charge in [0.25, 0.3) is 0 Å². The number of benzene rings is 4. The van der Waals surface area contributed by atoms with Gasteiger partial charge < -0.3 is 10.0 Å². The summed E-state index contributed by atoms with van der Waals surface area (Å²) in [6.45, 7) is 0.250. The molecule has 0 aliphatic carbocycles. The second-order valence-electron chi connectivity index (χ2n) is 7.58. The quantitative estimate of drug-likeness (QED) is 0.290. The van der Waals surface area contributed by atoms with E-state index in [1.54, 1.807) is 0 Å². The summed E-state index contributed by atoms with van der Waals surface area (Å²) >= 11 is 6.32. The number of aliphatic hydroxyl groups is 1. The topological polar surface area (TPSA) is 23.5 Å². The summed E-state index contributed by atoms with van der Waals surface area (Å²) in [6.07, 6.45) is 2.81. The van der Waals surface area contributed by atoms with Gasteiger partial charge >= 0.3 is 0 Å². The number of halogens is 1. The standard InChI is InChI=1S/C28H26ClNO/c29-25-10-6-11-28(21-25)30(26-16-12-22(13-17-26)7-4-5-20-31)27-18-14-24(15-19-27)23-8-2-1-3-9-23/h1-3,6,8-19,21,31H,4-5,7,20H2. The monoisotopic (exact) mass is 427 g/mol. The Hall–Kier alpha value is -3.07. The Balaban J connectivity index is 1.67. The van der Waals surface area contributed by atoms with E-state index in [9.17, 15) is 0 Å². The molecule has 4 aromatic rings. The summed E-state index contributed by atoms with van der Waals surface area (Å²) in [4.78, 5) is 2.22. The van der Waals surface area contributed by atoms with E-state index in [0.717, 1.165) is 36.3 Å². The minimum atomic E-state index is 0.250. The Bertz CT molecular complexity index is 1090. The van der Waals surface area contributed by atoms with Crippen molar-refractivity contribution in [3.63, 3.8) is 0 Å². The summed E-state index contributed by atoms with van der Waals surface area (Å²) in [5.74, 6) is 0. The van der Waals surface area contributed by atoms with Gasteiger partial charge in [-0.3, -0.25) is 0 Å². The predicted molar refractivity (Wildman–Crippen MR) is 132 cm³/mol. The van der Waals surface area contributed by atoms with Crippen LogP contribution in [-0.2, 0) is 6.42 Å². The number of hydrogen-bond donors (Lipinski definition) is 1. The molecule has 0 aliphatic rings. The van der Waals surface area contributed by atoms with Gasteiger partial charge in [0.2, 0.25) is 0 Å². The van der Waals surface area contributed by atoms with Gasteiger partial charge in [0.05, 0.1) is 0 Å². The summed E-state index contributed by atoms with van der Waals surface area (Å²) in [5, 5.41) is 9.72. The van der Waals surface area contributed by atoms with E-state index in [0.29, 0.717) is 5.02 Å². The summed E-state index contributed by atoms with van der Waals surface area (Å²) < 4.78 is 0. The van der Waals surface area contributed by atoms with E-state index in [1.165, 1.54) is 16.7 Å². The molecule has 31 heavy (non-hydrogen) atoms. The second kappa shape index (κ2) is 10.3. The van der Waals surface area contributed by atoms with Crippen LogP contribution in [0.5, 0.6) is 0 Å². The number of nitrogens with zero attached hydrogens (tertiary/aromatic N) is 1. The molecule has 0 saturated heterocycles. The molecule has 0 atom stereocenters.